The summed E-state index contributed by atoms with van der Waals surface area (Å²) in [5.41, 5.74) is 0.280. The predicted octanol–water partition coefficient (Wildman–Crippen LogP) is 2.51. The lowest BCUT2D eigenvalue weighted by molar-refractivity contribution is -0.384. The molecule has 6 heteroatoms. The fraction of sp³-hybridized carbons (Fsp3) is 0.417. The van der Waals surface area contributed by atoms with Gasteiger partial charge >= 0.3 is 5.97 Å². The lowest BCUT2D eigenvalue weighted by atomic mass is 10.1. The highest BCUT2D eigenvalue weighted by molar-refractivity contribution is 5.94. The second kappa shape index (κ2) is 5.03. The molecule has 0 bridgehead atoms. The monoisotopic (exact) mass is 250 g/mol. The van der Waals surface area contributed by atoms with Gasteiger partial charge in [0.25, 0.3) is 5.69 Å². The third-order valence-corrected chi connectivity index (χ3v) is 3.01. The Morgan fingerprint density at radius 2 is 2.22 bits per heavy atom. The summed E-state index contributed by atoms with van der Waals surface area (Å²) in [6, 6.07) is 3.74. The van der Waals surface area contributed by atoms with E-state index in [1.165, 1.54) is 31.0 Å². The molecule has 0 radical (unpaired) electrons. The number of nitrogens with one attached hydrogen (secondary N) is 1. The zero-order valence-electron chi connectivity index (χ0n) is 9.76. The third-order valence-electron chi connectivity index (χ3n) is 3.01. The molecule has 1 aromatic carbocycles. The lowest BCUT2D eigenvalue weighted by Crippen LogP contribution is -2.08. The number of anilines is 1. The summed E-state index contributed by atoms with van der Waals surface area (Å²) in [6.07, 6.45) is 3.42. The first-order valence-corrected chi connectivity index (χ1v) is 5.83. The summed E-state index contributed by atoms with van der Waals surface area (Å²) < 4.78 is 0. The molecule has 2 N–H and O–H groups in total. The molecule has 0 spiro atoms. The van der Waals surface area contributed by atoms with Crippen LogP contribution in [0.1, 0.15) is 29.6 Å². The Labute approximate surface area is 104 Å². The van der Waals surface area contributed by atoms with Gasteiger partial charge in [-0.1, -0.05) is 12.8 Å². The standard InChI is InChI=1S/C12H14N2O4/c15-12(16)10-4-3-9(14(17)18)7-11(10)13-6-5-8-1-2-8/h3-4,7-8,13H,1-2,5-6H2,(H,15,16). The number of nitrogens with zero attached hydrogens (tertiary/aromatic N) is 1. The summed E-state index contributed by atoms with van der Waals surface area (Å²) in [5.74, 6) is -0.358. The van der Waals surface area contributed by atoms with Crippen molar-refractivity contribution in [3.63, 3.8) is 0 Å². The van der Waals surface area contributed by atoms with E-state index in [4.69, 9.17) is 5.11 Å². The number of hydrogen-bond acceptors (Lipinski definition) is 4. The Bertz CT molecular complexity index is 483. The van der Waals surface area contributed by atoms with E-state index in [1.54, 1.807) is 0 Å². The number of non-ortho nitro benzene ring substituents is 1. The first-order chi connectivity index (χ1) is 8.58. The number of aromatic carboxylic acids is 1. The minimum Gasteiger partial charge on any atom is -0.478 e. The fourth-order valence-electron chi connectivity index (χ4n) is 1.80. The molecule has 0 saturated heterocycles. The largest absolute Gasteiger partial charge is 0.478 e. The molecule has 1 aliphatic rings. The Morgan fingerprint density at radius 3 is 2.78 bits per heavy atom. The van der Waals surface area contributed by atoms with Gasteiger partial charge in [-0.05, 0) is 18.4 Å². The second-order valence-corrected chi connectivity index (χ2v) is 4.45. The van der Waals surface area contributed by atoms with Gasteiger partial charge in [-0.15, -0.1) is 0 Å². The molecule has 1 fully saturated rings. The van der Waals surface area contributed by atoms with Gasteiger partial charge in [0.1, 0.15) is 0 Å². The SMILES string of the molecule is O=C(O)c1ccc([N+](=O)[O-])cc1NCCC1CC1. The Morgan fingerprint density at radius 1 is 1.50 bits per heavy atom. The molecule has 0 heterocycles. The quantitative estimate of drug-likeness (QED) is 0.597. The minimum atomic E-state index is -1.08. The molecule has 1 aliphatic carbocycles. The Balaban J connectivity index is 2.13. The van der Waals surface area contributed by atoms with E-state index in [0.717, 1.165) is 12.3 Å². The number of carboxylic acids is 1. The van der Waals surface area contributed by atoms with Gasteiger partial charge in [-0.3, -0.25) is 10.1 Å². The van der Waals surface area contributed by atoms with E-state index in [2.05, 4.69) is 5.32 Å². The number of hydrogen-bond donors (Lipinski definition) is 2. The van der Waals surface area contributed by atoms with Crippen LogP contribution in [0.5, 0.6) is 0 Å². The van der Waals surface area contributed by atoms with Crippen molar-refractivity contribution in [3.8, 4) is 0 Å². The second-order valence-electron chi connectivity index (χ2n) is 4.45. The van der Waals surface area contributed by atoms with Crippen LogP contribution < -0.4 is 5.32 Å². The average Bonchev–Trinajstić information content (AvgIpc) is 3.12. The van der Waals surface area contributed by atoms with Crippen LogP contribution in [-0.2, 0) is 0 Å². The van der Waals surface area contributed by atoms with E-state index in [1.807, 2.05) is 0 Å². The Kier molecular flexibility index (Phi) is 3.45. The lowest BCUT2D eigenvalue weighted by Gasteiger charge is -2.08. The number of carbonyl (C=O) groups is 1. The number of benzene rings is 1. The summed E-state index contributed by atoms with van der Waals surface area (Å²) in [6.45, 7) is 0.645. The van der Waals surface area contributed by atoms with Crippen LogP contribution in [0.4, 0.5) is 11.4 Å². The summed E-state index contributed by atoms with van der Waals surface area (Å²) in [5, 5.41) is 22.6. The molecule has 6 nitrogen and oxygen atoms in total. The number of carboxylic acid groups (broad SMARTS) is 1. The van der Waals surface area contributed by atoms with Crippen molar-refractivity contribution in [2.75, 3.05) is 11.9 Å². The zero-order valence-corrected chi connectivity index (χ0v) is 9.76. The highest BCUT2D eigenvalue weighted by atomic mass is 16.6. The number of rotatable bonds is 6. The van der Waals surface area contributed by atoms with Crippen LogP contribution in [0.25, 0.3) is 0 Å². The van der Waals surface area contributed by atoms with Crippen molar-refractivity contribution in [1.29, 1.82) is 0 Å². The maximum Gasteiger partial charge on any atom is 0.337 e. The summed E-state index contributed by atoms with van der Waals surface area (Å²) >= 11 is 0. The van der Waals surface area contributed by atoms with Gasteiger partial charge in [0.05, 0.1) is 16.2 Å². The predicted molar refractivity (Wildman–Crippen MR) is 65.9 cm³/mol. The van der Waals surface area contributed by atoms with Crippen molar-refractivity contribution in [2.24, 2.45) is 5.92 Å². The van der Waals surface area contributed by atoms with Crippen molar-refractivity contribution < 1.29 is 14.8 Å². The molecule has 0 atom stereocenters. The first-order valence-electron chi connectivity index (χ1n) is 5.83. The van der Waals surface area contributed by atoms with Crippen molar-refractivity contribution in [2.45, 2.75) is 19.3 Å². The van der Waals surface area contributed by atoms with E-state index in [0.29, 0.717) is 12.2 Å². The molecule has 0 unspecified atom stereocenters. The van der Waals surface area contributed by atoms with Crippen molar-refractivity contribution in [3.05, 3.63) is 33.9 Å². The maximum atomic E-state index is 11.0. The summed E-state index contributed by atoms with van der Waals surface area (Å²) in [7, 11) is 0. The molecular weight excluding hydrogens is 236 g/mol. The smallest absolute Gasteiger partial charge is 0.337 e. The average molecular weight is 250 g/mol. The molecule has 2 rings (SSSR count). The molecule has 1 aromatic rings. The molecule has 0 aliphatic heterocycles. The highest BCUT2D eigenvalue weighted by Crippen LogP contribution is 2.32. The number of nitro benzene ring substituents is 1. The van der Waals surface area contributed by atoms with Gasteiger partial charge in [0, 0.05) is 18.7 Å². The molecule has 1 saturated carbocycles. The van der Waals surface area contributed by atoms with Crippen molar-refractivity contribution in [1.82, 2.24) is 0 Å². The van der Waals surface area contributed by atoms with Crippen LogP contribution in [0.2, 0.25) is 0 Å². The minimum absolute atomic E-state index is 0.0661. The fourth-order valence-corrected chi connectivity index (χ4v) is 1.80. The normalized spacial score (nSPS) is 14.2. The van der Waals surface area contributed by atoms with E-state index >= 15 is 0 Å². The first kappa shape index (κ1) is 12.3. The van der Waals surface area contributed by atoms with E-state index in [-0.39, 0.29) is 11.3 Å². The topological polar surface area (TPSA) is 92.5 Å². The van der Waals surface area contributed by atoms with Gasteiger partial charge < -0.3 is 10.4 Å². The van der Waals surface area contributed by atoms with Crippen LogP contribution in [-0.4, -0.2) is 22.5 Å². The zero-order chi connectivity index (χ0) is 13.1. The van der Waals surface area contributed by atoms with E-state index in [9.17, 15) is 14.9 Å². The molecule has 18 heavy (non-hydrogen) atoms. The number of nitro groups is 1. The maximum absolute atomic E-state index is 11.0. The van der Waals surface area contributed by atoms with Crippen LogP contribution in [0.3, 0.4) is 0 Å². The van der Waals surface area contributed by atoms with Crippen LogP contribution in [0.15, 0.2) is 18.2 Å². The Hall–Kier alpha value is -2.11. The van der Waals surface area contributed by atoms with Gasteiger partial charge in [-0.2, -0.15) is 0 Å². The van der Waals surface area contributed by atoms with Gasteiger partial charge in [0.15, 0.2) is 0 Å². The third kappa shape index (κ3) is 2.97. The van der Waals surface area contributed by atoms with Crippen LogP contribution in [0, 0.1) is 16.0 Å². The molecular formula is C12H14N2O4. The van der Waals surface area contributed by atoms with Gasteiger partial charge in [0.2, 0.25) is 0 Å². The van der Waals surface area contributed by atoms with Crippen molar-refractivity contribution >= 4 is 17.3 Å². The molecule has 96 valence electrons. The van der Waals surface area contributed by atoms with Gasteiger partial charge in [-0.25, -0.2) is 4.79 Å². The molecule has 0 aromatic heterocycles. The van der Waals surface area contributed by atoms with Crippen LogP contribution >= 0.6 is 0 Å². The highest BCUT2D eigenvalue weighted by Gasteiger charge is 2.21. The summed E-state index contributed by atoms with van der Waals surface area (Å²) in [4.78, 5) is 21.1. The molecule has 0 amide bonds. The van der Waals surface area contributed by atoms with E-state index < -0.39 is 10.9 Å².